The van der Waals surface area contributed by atoms with Crippen molar-refractivity contribution in [3.05, 3.63) is 0 Å². The van der Waals surface area contributed by atoms with E-state index in [1.807, 2.05) is 0 Å². The van der Waals surface area contributed by atoms with E-state index in [9.17, 15) is 4.79 Å². The smallest absolute Gasteiger partial charge is 0.226 e. The molecule has 0 spiro atoms. The van der Waals surface area contributed by atoms with Crippen LogP contribution in [0.15, 0.2) is 0 Å². The monoisotopic (exact) mass is 264 g/mol. The van der Waals surface area contributed by atoms with Crippen LogP contribution in [0.1, 0.15) is 51.9 Å². The van der Waals surface area contributed by atoms with Crippen molar-refractivity contribution in [2.24, 2.45) is 17.3 Å². The first-order chi connectivity index (χ1) is 9.00. The minimum atomic E-state index is -0.0671. The van der Waals surface area contributed by atoms with Gasteiger partial charge in [-0.1, -0.05) is 13.3 Å². The zero-order valence-electron chi connectivity index (χ0n) is 12.6. The topological polar surface area (TPSA) is 32.3 Å². The summed E-state index contributed by atoms with van der Waals surface area (Å²) in [6.07, 6.45) is 8.68. The fraction of sp³-hybridized carbons (Fsp3) is 0.938. The van der Waals surface area contributed by atoms with E-state index in [2.05, 4.69) is 31.2 Å². The molecule has 2 bridgehead atoms. The maximum Gasteiger partial charge on any atom is 0.226 e. The second-order valence-electron chi connectivity index (χ2n) is 7.54. The van der Waals surface area contributed by atoms with Gasteiger partial charge in [0.25, 0.3) is 0 Å². The van der Waals surface area contributed by atoms with E-state index in [4.69, 9.17) is 0 Å². The second kappa shape index (κ2) is 4.76. The molecule has 3 fully saturated rings. The van der Waals surface area contributed by atoms with E-state index in [0.717, 1.165) is 18.8 Å². The Morgan fingerprint density at radius 1 is 1.21 bits per heavy atom. The third-order valence-corrected chi connectivity index (χ3v) is 6.13. The molecule has 1 amide bonds. The number of nitrogens with zero attached hydrogens (tertiary/aromatic N) is 1. The quantitative estimate of drug-likeness (QED) is 0.849. The molecule has 3 rings (SSSR count). The Morgan fingerprint density at radius 3 is 2.58 bits per heavy atom. The van der Waals surface area contributed by atoms with Crippen LogP contribution < -0.4 is 5.32 Å². The fourth-order valence-electron chi connectivity index (χ4n) is 4.94. The van der Waals surface area contributed by atoms with Crippen LogP contribution in [0.25, 0.3) is 0 Å². The second-order valence-corrected chi connectivity index (χ2v) is 7.54. The number of likely N-dealkylation sites (N-methyl/N-ethyl adjacent to an activating group) is 1. The Morgan fingerprint density at radius 2 is 2.00 bits per heavy atom. The summed E-state index contributed by atoms with van der Waals surface area (Å²) in [6.45, 7) is 2.21. The van der Waals surface area contributed by atoms with Crippen LogP contribution in [-0.2, 0) is 4.79 Å². The Bertz CT molecular complexity index is 368. The molecule has 3 unspecified atom stereocenters. The van der Waals surface area contributed by atoms with Crippen molar-refractivity contribution >= 4 is 5.91 Å². The van der Waals surface area contributed by atoms with Crippen LogP contribution in [0, 0.1) is 17.3 Å². The molecule has 0 aromatic carbocycles. The summed E-state index contributed by atoms with van der Waals surface area (Å²) in [5, 5.41) is 3.40. The van der Waals surface area contributed by atoms with Crippen LogP contribution in [0.4, 0.5) is 0 Å². The number of nitrogens with one attached hydrogen (secondary N) is 1. The molecule has 5 atom stereocenters. The summed E-state index contributed by atoms with van der Waals surface area (Å²) in [5.74, 6) is 1.82. The fourth-order valence-corrected chi connectivity index (χ4v) is 4.94. The first-order valence-electron chi connectivity index (χ1n) is 7.98. The normalized spacial score (nSPS) is 45.1. The number of amides is 1. The van der Waals surface area contributed by atoms with Gasteiger partial charge >= 0.3 is 0 Å². The highest BCUT2D eigenvalue weighted by atomic mass is 16.2. The molecule has 0 heterocycles. The summed E-state index contributed by atoms with van der Waals surface area (Å²) in [7, 11) is 4.27. The molecule has 0 saturated heterocycles. The third kappa shape index (κ3) is 2.20. The SMILES string of the molecule is CN(C)[C@@H]1CCC[C@H]1NC(=O)C1(C)CC2CCC1C2. The molecule has 108 valence electrons. The number of carbonyl (C=O) groups excluding carboxylic acids is 1. The van der Waals surface area contributed by atoms with Gasteiger partial charge in [-0.15, -0.1) is 0 Å². The van der Waals surface area contributed by atoms with E-state index < -0.39 is 0 Å². The maximum absolute atomic E-state index is 12.8. The van der Waals surface area contributed by atoms with Gasteiger partial charge in [0.15, 0.2) is 0 Å². The number of rotatable bonds is 3. The van der Waals surface area contributed by atoms with Crippen molar-refractivity contribution < 1.29 is 4.79 Å². The molecule has 3 saturated carbocycles. The van der Waals surface area contributed by atoms with Gasteiger partial charge in [0.05, 0.1) is 0 Å². The summed E-state index contributed by atoms with van der Waals surface area (Å²) in [6, 6.07) is 0.907. The van der Waals surface area contributed by atoms with Gasteiger partial charge in [0, 0.05) is 17.5 Å². The van der Waals surface area contributed by atoms with E-state index in [-0.39, 0.29) is 5.41 Å². The number of fused-ring (bicyclic) bond motifs is 2. The maximum atomic E-state index is 12.8. The van der Waals surface area contributed by atoms with Gasteiger partial charge in [-0.05, 0) is 64.5 Å². The predicted molar refractivity (Wildman–Crippen MR) is 76.8 cm³/mol. The van der Waals surface area contributed by atoms with Crippen LogP contribution in [0.3, 0.4) is 0 Å². The molecule has 0 aromatic heterocycles. The molecule has 0 aliphatic heterocycles. The molecule has 3 nitrogen and oxygen atoms in total. The molecule has 3 aliphatic carbocycles. The Kier molecular flexibility index (Phi) is 3.36. The summed E-state index contributed by atoms with van der Waals surface area (Å²) >= 11 is 0. The minimum Gasteiger partial charge on any atom is -0.351 e. The highest BCUT2D eigenvalue weighted by molar-refractivity contribution is 5.83. The zero-order chi connectivity index (χ0) is 13.6. The van der Waals surface area contributed by atoms with Crippen LogP contribution in [-0.4, -0.2) is 37.0 Å². The number of hydrogen-bond donors (Lipinski definition) is 1. The molecule has 0 aromatic rings. The lowest BCUT2D eigenvalue weighted by Crippen LogP contribution is -2.51. The van der Waals surface area contributed by atoms with Crippen LogP contribution >= 0.6 is 0 Å². The number of carbonyl (C=O) groups is 1. The van der Waals surface area contributed by atoms with E-state index >= 15 is 0 Å². The summed E-state index contributed by atoms with van der Waals surface area (Å²) in [4.78, 5) is 15.0. The molecular weight excluding hydrogens is 236 g/mol. The molecule has 3 heteroatoms. The van der Waals surface area contributed by atoms with Gasteiger partial charge in [0.1, 0.15) is 0 Å². The van der Waals surface area contributed by atoms with Crippen molar-refractivity contribution in [2.75, 3.05) is 14.1 Å². The van der Waals surface area contributed by atoms with Crippen LogP contribution in [0.2, 0.25) is 0 Å². The van der Waals surface area contributed by atoms with E-state index in [0.29, 0.717) is 23.9 Å². The van der Waals surface area contributed by atoms with Gasteiger partial charge in [0.2, 0.25) is 5.91 Å². The summed E-state index contributed by atoms with van der Waals surface area (Å²) in [5.41, 5.74) is -0.0671. The first-order valence-corrected chi connectivity index (χ1v) is 7.98. The lowest BCUT2D eigenvalue weighted by atomic mass is 9.74. The average Bonchev–Trinajstić information content (AvgIpc) is 3.02. The van der Waals surface area contributed by atoms with Crippen molar-refractivity contribution in [1.82, 2.24) is 10.2 Å². The predicted octanol–water partition coefficient (Wildman–Crippen LogP) is 2.41. The van der Waals surface area contributed by atoms with E-state index in [1.54, 1.807) is 0 Å². The molecule has 1 N–H and O–H groups in total. The molecule has 19 heavy (non-hydrogen) atoms. The summed E-state index contributed by atoms with van der Waals surface area (Å²) < 4.78 is 0. The lowest BCUT2D eigenvalue weighted by molar-refractivity contribution is -0.134. The van der Waals surface area contributed by atoms with Crippen molar-refractivity contribution in [1.29, 1.82) is 0 Å². The van der Waals surface area contributed by atoms with Crippen molar-refractivity contribution in [3.8, 4) is 0 Å². The average molecular weight is 264 g/mol. The van der Waals surface area contributed by atoms with Gasteiger partial charge in [-0.2, -0.15) is 0 Å². The van der Waals surface area contributed by atoms with E-state index in [1.165, 1.54) is 32.1 Å². The van der Waals surface area contributed by atoms with Crippen LogP contribution in [0.5, 0.6) is 0 Å². The lowest BCUT2D eigenvalue weighted by Gasteiger charge is -2.35. The molecular formula is C16H28N2O. The van der Waals surface area contributed by atoms with Gasteiger partial charge < -0.3 is 10.2 Å². The van der Waals surface area contributed by atoms with Gasteiger partial charge in [-0.25, -0.2) is 0 Å². The highest BCUT2D eigenvalue weighted by Crippen LogP contribution is 2.55. The minimum absolute atomic E-state index is 0.0671. The number of hydrogen-bond acceptors (Lipinski definition) is 2. The zero-order valence-corrected chi connectivity index (χ0v) is 12.6. The Balaban J connectivity index is 1.65. The molecule has 3 aliphatic rings. The largest absolute Gasteiger partial charge is 0.351 e. The first kappa shape index (κ1) is 13.4. The van der Waals surface area contributed by atoms with Gasteiger partial charge in [-0.3, -0.25) is 4.79 Å². The van der Waals surface area contributed by atoms with Crippen molar-refractivity contribution in [3.63, 3.8) is 0 Å². The standard InChI is InChI=1S/C16H28N2O/c1-16(10-11-7-8-12(16)9-11)15(19)17-13-5-4-6-14(13)18(2)3/h11-14H,4-10H2,1-3H3,(H,17,19)/t11?,12?,13-,14-,16?/m1/s1. The van der Waals surface area contributed by atoms with Crippen molar-refractivity contribution in [2.45, 2.75) is 64.0 Å². The molecule has 0 radical (unpaired) electrons. The highest BCUT2D eigenvalue weighted by Gasteiger charge is 2.52. The third-order valence-electron chi connectivity index (χ3n) is 6.13. The Hall–Kier alpha value is -0.570. The Labute approximate surface area is 117 Å².